The third-order valence-corrected chi connectivity index (χ3v) is 3.96. The van der Waals surface area contributed by atoms with Gasteiger partial charge in [0.1, 0.15) is 17.2 Å². The maximum atomic E-state index is 12.4. The lowest BCUT2D eigenvalue weighted by Gasteiger charge is -2.09. The Kier molecular flexibility index (Phi) is 5.03. The van der Waals surface area contributed by atoms with E-state index in [0.717, 1.165) is 10.8 Å². The van der Waals surface area contributed by atoms with Crippen molar-refractivity contribution < 1.29 is 19.4 Å². The van der Waals surface area contributed by atoms with Crippen LogP contribution in [0.25, 0.3) is 10.8 Å². The van der Waals surface area contributed by atoms with E-state index in [-0.39, 0.29) is 5.75 Å². The largest absolute Gasteiger partial charge is 0.507 e. The standard InChI is InChI=1S/C20H18N2O4/c1-25-14-8-9-16(19(11-14)26-2)20(24)22-21-12-17-15-6-4-3-5-13(15)7-10-18(17)23/h3-12,23H,1-2H3,(H,22,24)/b21-12+. The lowest BCUT2D eigenvalue weighted by atomic mass is 10.0. The molecule has 2 N–H and O–H groups in total. The zero-order valence-electron chi connectivity index (χ0n) is 14.4. The molecule has 3 rings (SSSR count). The summed E-state index contributed by atoms with van der Waals surface area (Å²) in [5.74, 6) is 0.622. The Morgan fingerprint density at radius 1 is 1.08 bits per heavy atom. The fourth-order valence-corrected chi connectivity index (χ4v) is 2.62. The Morgan fingerprint density at radius 2 is 1.88 bits per heavy atom. The molecule has 0 aliphatic carbocycles. The summed E-state index contributed by atoms with van der Waals surface area (Å²) in [6.07, 6.45) is 1.42. The minimum absolute atomic E-state index is 0.0868. The summed E-state index contributed by atoms with van der Waals surface area (Å²) >= 11 is 0. The van der Waals surface area contributed by atoms with Crippen LogP contribution in [0.15, 0.2) is 59.7 Å². The average Bonchev–Trinajstić information content (AvgIpc) is 2.68. The zero-order chi connectivity index (χ0) is 18.5. The number of fused-ring (bicyclic) bond motifs is 1. The zero-order valence-corrected chi connectivity index (χ0v) is 14.4. The molecule has 132 valence electrons. The number of carbonyl (C=O) groups is 1. The van der Waals surface area contributed by atoms with Gasteiger partial charge in [-0.05, 0) is 29.0 Å². The van der Waals surface area contributed by atoms with Gasteiger partial charge in [-0.15, -0.1) is 0 Å². The monoisotopic (exact) mass is 350 g/mol. The Bertz CT molecular complexity index is 983. The number of aromatic hydroxyl groups is 1. The van der Waals surface area contributed by atoms with E-state index in [4.69, 9.17) is 9.47 Å². The van der Waals surface area contributed by atoms with Crippen molar-refractivity contribution in [3.8, 4) is 17.2 Å². The van der Waals surface area contributed by atoms with Gasteiger partial charge >= 0.3 is 0 Å². The van der Waals surface area contributed by atoms with E-state index < -0.39 is 5.91 Å². The van der Waals surface area contributed by atoms with Crippen LogP contribution in [0, 0.1) is 0 Å². The first-order valence-electron chi connectivity index (χ1n) is 7.90. The lowest BCUT2D eigenvalue weighted by molar-refractivity contribution is 0.0952. The van der Waals surface area contributed by atoms with E-state index in [9.17, 15) is 9.90 Å². The topological polar surface area (TPSA) is 80.2 Å². The second-order valence-electron chi connectivity index (χ2n) is 5.48. The fourth-order valence-electron chi connectivity index (χ4n) is 2.62. The number of nitrogens with one attached hydrogen (secondary N) is 1. The normalized spacial score (nSPS) is 10.8. The number of rotatable bonds is 5. The van der Waals surface area contributed by atoms with E-state index >= 15 is 0 Å². The molecule has 0 spiro atoms. The van der Waals surface area contributed by atoms with E-state index in [0.29, 0.717) is 22.6 Å². The molecule has 6 heteroatoms. The van der Waals surface area contributed by atoms with Crippen LogP contribution in [0.1, 0.15) is 15.9 Å². The molecule has 0 radical (unpaired) electrons. The highest BCUT2D eigenvalue weighted by atomic mass is 16.5. The van der Waals surface area contributed by atoms with Crippen molar-refractivity contribution in [3.05, 3.63) is 65.7 Å². The molecule has 0 unspecified atom stereocenters. The van der Waals surface area contributed by atoms with Gasteiger partial charge in [0.15, 0.2) is 0 Å². The highest BCUT2D eigenvalue weighted by Gasteiger charge is 2.13. The number of ether oxygens (including phenoxy) is 2. The van der Waals surface area contributed by atoms with Gasteiger partial charge in [0, 0.05) is 11.6 Å². The maximum Gasteiger partial charge on any atom is 0.275 e. The molecular formula is C20H18N2O4. The maximum absolute atomic E-state index is 12.4. The fraction of sp³-hybridized carbons (Fsp3) is 0.100. The molecule has 0 saturated heterocycles. The first-order valence-corrected chi connectivity index (χ1v) is 7.90. The van der Waals surface area contributed by atoms with Crippen molar-refractivity contribution in [2.24, 2.45) is 5.10 Å². The number of phenolic OH excluding ortho intramolecular Hbond substituents is 1. The summed E-state index contributed by atoms with van der Waals surface area (Å²) in [6.45, 7) is 0. The van der Waals surface area contributed by atoms with Crippen molar-refractivity contribution in [1.82, 2.24) is 5.43 Å². The van der Waals surface area contributed by atoms with Gasteiger partial charge in [0.25, 0.3) is 5.91 Å². The number of hydrazone groups is 1. The first-order chi connectivity index (χ1) is 12.6. The number of hydrogen-bond donors (Lipinski definition) is 2. The van der Waals surface area contributed by atoms with E-state index in [2.05, 4.69) is 10.5 Å². The quantitative estimate of drug-likeness (QED) is 0.546. The Balaban J connectivity index is 1.83. The molecular weight excluding hydrogens is 332 g/mol. The van der Waals surface area contributed by atoms with Crippen LogP contribution in [0.3, 0.4) is 0 Å². The predicted molar refractivity (Wildman–Crippen MR) is 100 cm³/mol. The Morgan fingerprint density at radius 3 is 2.65 bits per heavy atom. The third kappa shape index (κ3) is 3.44. The molecule has 0 fully saturated rings. The summed E-state index contributed by atoms with van der Waals surface area (Å²) in [5, 5.41) is 15.9. The van der Waals surface area contributed by atoms with Crippen LogP contribution >= 0.6 is 0 Å². The number of benzene rings is 3. The summed E-state index contributed by atoms with van der Waals surface area (Å²) in [6, 6.07) is 15.9. The van der Waals surface area contributed by atoms with Gasteiger partial charge in [-0.1, -0.05) is 30.3 Å². The van der Waals surface area contributed by atoms with Crippen molar-refractivity contribution in [2.75, 3.05) is 14.2 Å². The lowest BCUT2D eigenvalue weighted by Crippen LogP contribution is -2.18. The number of hydrogen-bond acceptors (Lipinski definition) is 5. The number of methoxy groups -OCH3 is 2. The van der Waals surface area contributed by atoms with Crippen LogP contribution < -0.4 is 14.9 Å². The minimum Gasteiger partial charge on any atom is -0.507 e. The molecule has 0 aliphatic rings. The molecule has 6 nitrogen and oxygen atoms in total. The van der Waals surface area contributed by atoms with E-state index in [1.54, 1.807) is 24.3 Å². The third-order valence-electron chi connectivity index (χ3n) is 3.96. The van der Waals surface area contributed by atoms with Crippen LogP contribution in [0.2, 0.25) is 0 Å². The summed E-state index contributed by atoms with van der Waals surface area (Å²) < 4.78 is 10.3. The van der Waals surface area contributed by atoms with Crippen LogP contribution in [-0.2, 0) is 0 Å². The number of phenols is 1. The first kappa shape index (κ1) is 17.3. The SMILES string of the molecule is COc1ccc(C(=O)N/N=C/c2c(O)ccc3ccccc23)c(OC)c1. The molecule has 3 aromatic carbocycles. The van der Waals surface area contributed by atoms with Gasteiger partial charge in [-0.25, -0.2) is 5.43 Å². The molecule has 0 aromatic heterocycles. The van der Waals surface area contributed by atoms with Crippen LogP contribution in [0.4, 0.5) is 0 Å². The molecule has 3 aromatic rings. The minimum atomic E-state index is -0.430. The van der Waals surface area contributed by atoms with Gasteiger partial charge < -0.3 is 14.6 Å². The molecule has 0 bridgehead atoms. The average molecular weight is 350 g/mol. The molecule has 26 heavy (non-hydrogen) atoms. The summed E-state index contributed by atoms with van der Waals surface area (Å²) in [4.78, 5) is 12.4. The van der Waals surface area contributed by atoms with Crippen LogP contribution in [0.5, 0.6) is 17.2 Å². The van der Waals surface area contributed by atoms with Crippen molar-refractivity contribution in [3.63, 3.8) is 0 Å². The van der Waals surface area contributed by atoms with Crippen molar-refractivity contribution >= 4 is 22.9 Å². The van der Waals surface area contributed by atoms with Gasteiger partial charge in [-0.3, -0.25) is 4.79 Å². The van der Waals surface area contributed by atoms with Gasteiger partial charge in [0.05, 0.1) is 26.0 Å². The molecule has 1 amide bonds. The highest BCUT2D eigenvalue weighted by molar-refractivity contribution is 6.03. The second-order valence-corrected chi connectivity index (χ2v) is 5.48. The predicted octanol–water partition coefficient (Wildman–Crippen LogP) is 3.33. The summed E-state index contributed by atoms with van der Waals surface area (Å²) in [7, 11) is 3.01. The van der Waals surface area contributed by atoms with E-state index in [1.165, 1.54) is 20.4 Å². The summed E-state index contributed by atoms with van der Waals surface area (Å²) in [5.41, 5.74) is 3.31. The number of carbonyl (C=O) groups excluding carboxylic acids is 1. The molecule has 0 saturated carbocycles. The Hall–Kier alpha value is -3.54. The van der Waals surface area contributed by atoms with E-state index in [1.807, 2.05) is 30.3 Å². The van der Waals surface area contributed by atoms with Crippen LogP contribution in [-0.4, -0.2) is 31.4 Å². The second kappa shape index (κ2) is 7.57. The van der Waals surface area contributed by atoms with Crippen molar-refractivity contribution in [1.29, 1.82) is 0 Å². The van der Waals surface area contributed by atoms with Crippen molar-refractivity contribution in [2.45, 2.75) is 0 Å². The Labute approximate surface area is 150 Å². The smallest absolute Gasteiger partial charge is 0.275 e. The molecule has 0 heterocycles. The molecule has 0 atom stereocenters. The van der Waals surface area contributed by atoms with Gasteiger partial charge in [-0.2, -0.15) is 5.10 Å². The van der Waals surface area contributed by atoms with Gasteiger partial charge in [0.2, 0.25) is 0 Å². The number of amides is 1. The number of nitrogens with zero attached hydrogens (tertiary/aromatic N) is 1. The molecule has 0 aliphatic heterocycles. The highest BCUT2D eigenvalue weighted by Crippen LogP contribution is 2.26.